The van der Waals surface area contributed by atoms with Crippen molar-refractivity contribution in [2.75, 3.05) is 7.11 Å². The van der Waals surface area contributed by atoms with E-state index in [0.717, 1.165) is 0 Å². The van der Waals surface area contributed by atoms with E-state index in [0.29, 0.717) is 38.5 Å². The topological polar surface area (TPSA) is 52.6 Å². The third kappa shape index (κ3) is 4.18. The number of carbonyl (C=O) groups is 2. The maximum absolute atomic E-state index is 16.2. The fourth-order valence-corrected chi connectivity index (χ4v) is 8.98. The van der Waals surface area contributed by atoms with Crippen LogP contribution in [0.25, 0.3) is 0 Å². The second-order valence-corrected chi connectivity index (χ2v) is 12.4. The minimum Gasteiger partial charge on any atom is -0.469 e. The van der Waals surface area contributed by atoms with Crippen LogP contribution < -0.4 is 0 Å². The van der Waals surface area contributed by atoms with E-state index < -0.39 is 70.8 Å². The van der Waals surface area contributed by atoms with E-state index in [1.54, 1.807) is 6.92 Å². The normalized spacial score (nSPS) is 44.4. The molecule has 4 nitrogen and oxygen atoms in total. The molecule has 0 radical (unpaired) electrons. The van der Waals surface area contributed by atoms with Gasteiger partial charge in [-0.25, -0.2) is 17.6 Å². The number of halogens is 4. The van der Waals surface area contributed by atoms with Gasteiger partial charge < -0.3 is 9.47 Å². The Kier molecular flexibility index (Phi) is 6.79. The summed E-state index contributed by atoms with van der Waals surface area (Å²) in [4.78, 5) is 23.1. The van der Waals surface area contributed by atoms with E-state index in [2.05, 4.69) is 0 Å². The van der Waals surface area contributed by atoms with Crippen LogP contribution >= 0.6 is 0 Å². The summed E-state index contributed by atoms with van der Waals surface area (Å²) >= 11 is 0. The number of methoxy groups -OCH3 is 1. The van der Waals surface area contributed by atoms with Crippen LogP contribution in [0, 0.1) is 46.3 Å². The number of rotatable bonds is 5. The average Bonchev–Trinajstić information content (AvgIpc) is 3.11. The molecule has 0 aromatic rings. The Bertz CT molecular complexity index is 847. The molecule has 0 N–H and O–H groups in total. The van der Waals surface area contributed by atoms with Crippen molar-refractivity contribution >= 4 is 11.9 Å². The molecule has 4 aliphatic rings. The lowest BCUT2D eigenvalue weighted by atomic mass is 9.42. The molecule has 200 valence electrons. The lowest BCUT2D eigenvalue weighted by Crippen LogP contribution is -2.66. The predicted molar refractivity (Wildman–Crippen MR) is 122 cm³/mol. The standard InChI is InChI=1S/C27H40F4O4/c1-15(6-9-22(33)34-5)19-7-8-20-23-21(14-27(30,31)25(19,20)4)24(3)11-10-18(35-16(2)32)12-17(24)13-26(23,28)29/h15,17-21,23H,6-14H2,1-5H3/t15-,17+,18-,19?,20+,21+,23+,24+,25-/m1/s1. The molecule has 0 saturated heterocycles. The van der Waals surface area contributed by atoms with Crippen molar-refractivity contribution in [1.82, 2.24) is 0 Å². The Morgan fingerprint density at radius 3 is 2.34 bits per heavy atom. The highest BCUT2D eigenvalue weighted by Gasteiger charge is 2.75. The molecule has 0 aromatic heterocycles. The first kappa shape index (κ1) is 26.7. The molecule has 4 fully saturated rings. The third-order valence-corrected chi connectivity index (χ3v) is 10.8. The minimum atomic E-state index is -3.08. The first-order valence-corrected chi connectivity index (χ1v) is 13.2. The quantitative estimate of drug-likeness (QED) is 0.310. The molecular formula is C27H40F4O4. The van der Waals surface area contributed by atoms with E-state index in [9.17, 15) is 9.59 Å². The van der Waals surface area contributed by atoms with Crippen LogP contribution in [0.1, 0.15) is 85.5 Å². The van der Waals surface area contributed by atoms with Gasteiger partial charge in [-0.2, -0.15) is 0 Å². The molecular weight excluding hydrogens is 464 g/mol. The zero-order chi connectivity index (χ0) is 26.0. The van der Waals surface area contributed by atoms with Crippen LogP contribution in [0.5, 0.6) is 0 Å². The number of ether oxygens (including phenoxy) is 2. The molecule has 4 saturated carbocycles. The summed E-state index contributed by atoms with van der Waals surface area (Å²) in [5.74, 6) is -10.6. The minimum absolute atomic E-state index is 0.145. The van der Waals surface area contributed by atoms with Gasteiger partial charge in [0.15, 0.2) is 0 Å². The monoisotopic (exact) mass is 504 g/mol. The van der Waals surface area contributed by atoms with Crippen LogP contribution in [0.2, 0.25) is 0 Å². The Morgan fingerprint density at radius 1 is 1.03 bits per heavy atom. The highest BCUT2D eigenvalue weighted by molar-refractivity contribution is 5.69. The number of esters is 2. The van der Waals surface area contributed by atoms with Gasteiger partial charge in [-0.1, -0.05) is 20.8 Å². The maximum atomic E-state index is 16.2. The third-order valence-electron chi connectivity index (χ3n) is 10.8. The Balaban J connectivity index is 1.64. The van der Waals surface area contributed by atoms with E-state index in [4.69, 9.17) is 9.47 Å². The van der Waals surface area contributed by atoms with Crippen LogP contribution in [0.3, 0.4) is 0 Å². The molecule has 8 heteroatoms. The van der Waals surface area contributed by atoms with Crippen molar-refractivity contribution in [3.63, 3.8) is 0 Å². The Hall–Kier alpha value is -1.34. The summed E-state index contributed by atoms with van der Waals surface area (Å²) in [6.07, 6.45) is 1.50. The number of carbonyl (C=O) groups excluding carboxylic acids is 2. The second-order valence-electron chi connectivity index (χ2n) is 12.4. The van der Waals surface area contributed by atoms with Gasteiger partial charge in [-0.3, -0.25) is 9.59 Å². The summed E-state index contributed by atoms with van der Waals surface area (Å²) < 4.78 is 74.4. The fourth-order valence-electron chi connectivity index (χ4n) is 8.98. The average molecular weight is 505 g/mol. The van der Waals surface area contributed by atoms with Gasteiger partial charge in [-0.15, -0.1) is 0 Å². The van der Waals surface area contributed by atoms with Crippen LogP contribution in [-0.2, 0) is 19.1 Å². The highest BCUT2D eigenvalue weighted by atomic mass is 19.3. The summed E-state index contributed by atoms with van der Waals surface area (Å²) in [6.45, 7) is 6.65. The molecule has 0 amide bonds. The van der Waals surface area contributed by atoms with Gasteiger partial charge >= 0.3 is 11.9 Å². The number of hydrogen-bond acceptors (Lipinski definition) is 4. The molecule has 0 aromatic carbocycles. The molecule has 1 unspecified atom stereocenters. The van der Waals surface area contributed by atoms with Crippen molar-refractivity contribution in [3.8, 4) is 0 Å². The van der Waals surface area contributed by atoms with Gasteiger partial charge in [0.2, 0.25) is 0 Å². The lowest BCUT2D eigenvalue weighted by molar-refractivity contribution is -0.296. The van der Waals surface area contributed by atoms with Crippen LogP contribution in [0.4, 0.5) is 17.6 Å². The molecule has 4 aliphatic carbocycles. The summed E-state index contributed by atoms with van der Waals surface area (Å²) in [5.41, 5.74) is -2.15. The van der Waals surface area contributed by atoms with Gasteiger partial charge in [-0.05, 0) is 73.5 Å². The van der Waals surface area contributed by atoms with Crippen molar-refractivity contribution in [2.24, 2.45) is 46.3 Å². The number of fused-ring (bicyclic) bond motifs is 5. The van der Waals surface area contributed by atoms with Crippen molar-refractivity contribution in [3.05, 3.63) is 0 Å². The van der Waals surface area contributed by atoms with Gasteiger partial charge in [0.25, 0.3) is 11.8 Å². The number of alkyl halides is 4. The smallest absolute Gasteiger partial charge is 0.305 e. The highest BCUT2D eigenvalue weighted by Crippen LogP contribution is 2.74. The van der Waals surface area contributed by atoms with Crippen LogP contribution in [-0.4, -0.2) is 37.0 Å². The predicted octanol–water partition coefficient (Wildman–Crippen LogP) is 6.66. The first-order chi connectivity index (χ1) is 16.2. The summed E-state index contributed by atoms with van der Waals surface area (Å²) in [5, 5.41) is 0. The van der Waals surface area contributed by atoms with Crippen molar-refractivity contribution in [1.29, 1.82) is 0 Å². The zero-order valence-corrected chi connectivity index (χ0v) is 21.6. The Morgan fingerprint density at radius 2 is 1.71 bits per heavy atom. The van der Waals surface area contributed by atoms with Gasteiger partial charge in [0.1, 0.15) is 6.10 Å². The molecule has 0 aliphatic heterocycles. The molecule has 0 bridgehead atoms. The largest absolute Gasteiger partial charge is 0.469 e. The van der Waals surface area contributed by atoms with Crippen molar-refractivity contribution in [2.45, 2.75) is 103 Å². The first-order valence-electron chi connectivity index (χ1n) is 13.2. The second kappa shape index (κ2) is 8.90. The lowest BCUT2D eigenvalue weighted by Gasteiger charge is -2.64. The van der Waals surface area contributed by atoms with Gasteiger partial charge in [0, 0.05) is 37.5 Å². The van der Waals surface area contributed by atoms with E-state index >= 15 is 17.6 Å². The Labute approximate surface area is 205 Å². The van der Waals surface area contributed by atoms with Crippen LogP contribution in [0.15, 0.2) is 0 Å². The van der Waals surface area contributed by atoms with Gasteiger partial charge in [0.05, 0.1) is 7.11 Å². The SMILES string of the molecule is COC(=O)CC[C@@H](C)C1CC[C@H]2[C@H]3[C@H](CC(F)(F)[C@]12C)[C@@]1(C)CC[C@@H](OC(C)=O)C[C@H]1CC3(F)F. The molecule has 0 heterocycles. The van der Waals surface area contributed by atoms with E-state index in [-0.39, 0.29) is 24.7 Å². The molecule has 0 spiro atoms. The molecule has 4 rings (SSSR count). The molecule has 9 atom stereocenters. The number of hydrogen-bond donors (Lipinski definition) is 0. The van der Waals surface area contributed by atoms with E-state index in [1.807, 2.05) is 13.8 Å². The molecule has 35 heavy (non-hydrogen) atoms. The van der Waals surface area contributed by atoms with Crippen molar-refractivity contribution < 1.29 is 36.6 Å². The maximum Gasteiger partial charge on any atom is 0.305 e. The fraction of sp³-hybridized carbons (Fsp3) is 0.926. The van der Waals surface area contributed by atoms with E-state index in [1.165, 1.54) is 14.0 Å². The summed E-state index contributed by atoms with van der Waals surface area (Å²) in [7, 11) is 1.30. The summed E-state index contributed by atoms with van der Waals surface area (Å²) in [6, 6.07) is 0. The zero-order valence-electron chi connectivity index (χ0n) is 21.6.